The molecule has 7 aromatic rings. The summed E-state index contributed by atoms with van der Waals surface area (Å²) in [4.78, 5) is 0. The quantitative estimate of drug-likeness (QED) is 0.147. The van der Waals surface area contributed by atoms with E-state index in [9.17, 15) is 0 Å². The molecule has 0 heterocycles. The Morgan fingerprint density at radius 1 is 0.486 bits per heavy atom. The summed E-state index contributed by atoms with van der Waals surface area (Å²) in [6, 6.07) is 53.7. The largest absolute Gasteiger partial charge is 0.126 e. The third-order valence-corrected chi connectivity index (χ3v) is 12.6. The summed E-state index contributed by atoms with van der Waals surface area (Å²) in [6.45, 7) is 2.14. The minimum absolute atomic E-state index is 0.455. The van der Waals surface area contributed by atoms with Gasteiger partial charge in [0.2, 0.25) is 0 Å². The Kier molecular flexibility index (Phi) is 8.41. The predicted octanol–water partition coefficient (Wildman–Crippen LogP) is 7.92. The van der Waals surface area contributed by atoms with Crippen molar-refractivity contribution in [2.45, 2.75) is 6.92 Å². The number of rotatable bonds is 2. The number of fused-ring (bicyclic) bond motifs is 4. The molecule has 0 aliphatic rings. The van der Waals surface area contributed by atoms with Gasteiger partial charge in [-0.1, -0.05) is 49.4 Å². The van der Waals surface area contributed by atoms with Gasteiger partial charge >= 0.3 is 99.8 Å². The predicted molar refractivity (Wildman–Crippen MR) is 159 cm³/mol. The summed E-state index contributed by atoms with van der Waals surface area (Å²) < 4.78 is 0. The molecule has 0 spiro atoms. The molecule has 0 bridgehead atoms. The van der Waals surface area contributed by atoms with Gasteiger partial charge in [-0.15, -0.1) is 74.8 Å². The van der Waals surface area contributed by atoms with E-state index >= 15 is 0 Å². The first-order valence-corrected chi connectivity index (χ1v) is 17.7. The zero-order valence-corrected chi connectivity index (χ0v) is 24.4. The maximum absolute atomic E-state index is 2.25. The van der Waals surface area contributed by atoms with Crippen LogP contribution in [-0.4, -0.2) is 5.43 Å². The van der Waals surface area contributed by atoms with Crippen molar-refractivity contribution < 1.29 is 23.3 Å². The van der Waals surface area contributed by atoms with Crippen molar-refractivity contribution in [3.8, 4) is 0 Å². The molecule has 0 aromatic heterocycles. The molecule has 0 aliphatic heterocycles. The third kappa shape index (κ3) is 6.16. The van der Waals surface area contributed by atoms with Crippen LogP contribution in [0.5, 0.6) is 0 Å². The van der Waals surface area contributed by atoms with Crippen LogP contribution in [0, 0.1) is 6.92 Å². The molecule has 0 fully saturated rings. The van der Waals surface area contributed by atoms with Crippen molar-refractivity contribution in [3.63, 3.8) is 0 Å². The summed E-state index contributed by atoms with van der Waals surface area (Å²) in [6.07, 6.45) is 0. The van der Waals surface area contributed by atoms with Crippen molar-refractivity contribution in [3.05, 3.63) is 157 Å². The monoisotopic (exact) mass is 566 g/mol. The maximum atomic E-state index is 2.25. The van der Waals surface area contributed by atoms with Crippen LogP contribution in [0.4, 0.5) is 0 Å². The number of hydrogen-bond donors (Lipinski definition) is 0. The second-order valence-electron chi connectivity index (χ2n) is 9.03. The molecule has 0 unspecified atom stereocenters. The van der Waals surface area contributed by atoms with Crippen LogP contribution in [0.3, 0.4) is 0 Å². The molecule has 0 amide bonds. The SMILES string of the molecule is Cc1c[cH-]c2ccccc12.[Zr+2]=[Si](c1ccccc1)c1ccccc1.c1ccc2c(c1)[cH-]c1ccccc12. The summed E-state index contributed by atoms with van der Waals surface area (Å²) in [5.74, 6) is 0. The number of aryl methyl sites for hydroxylation is 1. The van der Waals surface area contributed by atoms with E-state index in [1.807, 2.05) is 0 Å². The van der Waals surface area contributed by atoms with E-state index in [-0.39, 0.29) is 0 Å². The topological polar surface area (TPSA) is 0 Å². The van der Waals surface area contributed by atoms with Gasteiger partial charge in [-0.25, -0.2) is 0 Å². The standard InChI is InChI=1S/C13H9.C12H10Si.C10H9.Zr/c1-3-7-12-10(5-1)9-11-6-2-4-8-13(11)12;1-3-7-11(8-4-1)13-12-9-5-2-6-10-12;1-8-6-7-9-4-2-3-5-10(8)9;/h1-9H;1-10H;2-7H,1H3;/q-1;;-1;+2. The number of benzene rings is 5. The van der Waals surface area contributed by atoms with Gasteiger partial charge in [0.15, 0.2) is 0 Å². The minimum atomic E-state index is -0.455. The van der Waals surface area contributed by atoms with E-state index in [1.165, 1.54) is 48.3 Å². The molecular formula is C35H28SiZr. The molecule has 37 heavy (non-hydrogen) atoms. The summed E-state index contributed by atoms with van der Waals surface area (Å²) in [5, 5.41) is 11.1. The molecule has 7 aromatic carbocycles. The Morgan fingerprint density at radius 2 is 0.892 bits per heavy atom. The van der Waals surface area contributed by atoms with Gasteiger partial charge in [-0.3, -0.25) is 0 Å². The normalized spacial score (nSPS) is 10.5. The molecule has 0 atom stereocenters. The van der Waals surface area contributed by atoms with Crippen LogP contribution in [0.1, 0.15) is 5.56 Å². The van der Waals surface area contributed by atoms with Gasteiger partial charge in [-0.05, 0) is 0 Å². The summed E-state index contributed by atoms with van der Waals surface area (Å²) in [7, 11) is 0. The molecule has 2 heteroatoms. The Balaban J connectivity index is 0.000000115. The molecule has 0 saturated heterocycles. The Bertz CT molecular complexity index is 1650. The molecule has 0 radical (unpaired) electrons. The van der Waals surface area contributed by atoms with Gasteiger partial charge in [0, 0.05) is 0 Å². The van der Waals surface area contributed by atoms with Crippen molar-refractivity contribution in [1.82, 2.24) is 0 Å². The molecule has 0 nitrogen and oxygen atoms in total. The average Bonchev–Trinajstić information content (AvgIpc) is 3.55. The van der Waals surface area contributed by atoms with Crippen LogP contribution in [-0.2, 0) is 23.3 Å². The summed E-state index contributed by atoms with van der Waals surface area (Å²) in [5.41, 5.74) is 0.916. The Labute approximate surface area is 234 Å². The van der Waals surface area contributed by atoms with Crippen LogP contribution in [0.15, 0.2) is 152 Å². The zero-order valence-electron chi connectivity index (χ0n) is 20.9. The molecular weight excluding hydrogens is 540 g/mol. The van der Waals surface area contributed by atoms with Gasteiger partial charge in [0.1, 0.15) is 0 Å². The van der Waals surface area contributed by atoms with Crippen molar-refractivity contribution in [2.75, 3.05) is 0 Å². The molecule has 0 saturated carbocycles. The fraction of sp³-hybridized carbons (Fsp3) is 0.0286. The van der Waals surface area contributed by atoms with Crippen LogP contribution in [0.2, 0.25) is 0 Å². The molecule has 7 rings (SSSR count). The number of hydrogen-bond acceptors (Lipinski definition) is 0. The Hall–Kier alpha value is -3.32. The van der Waals surface area contributed by atoms with E-state index < -0.39 is 5.43 Å². The van der Waals surface area contributed by atoms with Crippen molar-refractivity contribution in [1.29, 1.82) is 0 Å². The first kappa shape index (κ1) is 25.3. The second-order valence-corrected chi connectivity index (χ2v) is 14.6. The smallest absolute Gasteiger partial charge is 0.0771 e. The minimum Gasteiger partial charge on any atom is -0.126 e. The van der Waals surface area contributed by atoms with E-state index in [1.54, 1.807) is 23.3 Å². The van der Waals surface area contributed by atoms with Gasteiger partial charge < -0.3 is 0 Å². The van der Waals surface area contributed by atoms with E-state index in [2.05, 4.69) is 159 Å². The van der Waals surface area contributed by atoms with Crippen LogP contribution >= 0.6 is 0 Å². The van der Waals surface area contributed by atoms with Gasteiger partial charge in [0.05, 0.1) is 0 Å². The van der Waals surface area contributed by atoms with Crippen molar-refractivity contribution >= 4 is 48.1 Å². The summed E-state index contributed by atoms with van der Waals surface area (Å²) >= 11 is 1.64. The van der Waals surface area contributed by atoms with E-state index in [0.717, 1.165) is 0 Å². The molecule has 176 valence electrons. The van der Waals surface area contributed by atoms with Crippen LogP contribution < -0.4 is 10.4 Å². The van der Waals surface area contributed by atoms with E-state index in [4.69, 9.17) is 0 Å². The first-order valence-electron chi connectivity index (χ1n) is 12.5. The van der Waals surface area contributed by atoms with Crippen LogP contribution in [0.25, 0.3) is 32.3 Å². The first-order chi connectivity index (χ1) is 18.2. The Morgan fingerprint density at radius 3 is 1.38 bits per heavy atom. The van der Waals surface area contributed by atoms with Gasteiger partial charge in [0.25, 0.3) is 0 Å². The fourth-order valence-corrected chi connectivity index (χ4v) is 8.43. The molecule has 0 N–H and O–H groups in total. The second kappa shape index (κ2) is 12.3. The van der Waals surface area contributed by atoms with Gasteiger partial charge in [-0.2, -0.15) is 11.6 Å². The average molecular weight is 568 g/mol. The zero-order chi connectivity index (χ0) is 25.5. The van der Waals surface area contributed by atoms with Crippen molar-refractivity contribution in [2.24, 2.45) is 0 Å². The maximum Gasteiger partial charge on any atom is -0.0771 e. The molecule has 0 aliphatic carbocycles. The van der Waals surface area contributed by atoms with E-state index in [0.29, 0.717) is 0 Å². The fourth-order valence-electron chi connectivity index (χ4n) is 4.59. The third-order valence-electron chi connectivity index (χ3n) is 6.55.